The van der Waals surface area contributed by atoms with Gasteiger partial charge in [0.1, 0.15) is 17.5 Å². The lowest BCUT2D eigenvalue weighted by molar-refractivity contribution is -0.142. The van der Waals surface area contributed by atoms with E-state index in [1.54, 1.807) is 14.0 Å². The molecule has 2 aliphatic heterocycles. The Bertz CT molecular complexity index is 1040. The predicted molar refractivity (Wildman–Crippen MR) is 123 cm³/mol. The fourth-order valence-corrected chi connectivity index (χ4v) is 7.07. The molecule has 2 heterocycles. The van der Waals surface area contributed by atoms with Crippen molar-refractivity contribution in [1.82, 2.24) is 20.9 Å². The Morgan fingerprint density at radius 1 is 1.06 bits per heavy atom. The van der Waals surface area contributed by atoms with Crippen molar-refractivity contribution in [3.05, 3.63) is 35.4 Å². The fraction of sp³-hybridized carbons (Fsp3) is 0.609. The molecule has 0 aromatic heterocycles. The fourth-order valence-electron chi connectivity index (χ4n) is 5.14. The molecule has 2 saturated heterocycles. The molecule has 3 aliphatic rings. The summed E-state index contributed by atoms with van der Waals surface area (Å²) in [4.78, 5) is 40.3. The highest BCUT2D eigenvalue weighted by Crippen LogP contribution is 2.34. The van der Waals surface area contributed by atoms with E-state index in [0.29, 0.717) is 0 Å². The van der Waals surface area contributed by atoms with E-state index in [1.165, 1.54) is 10.5 Å². The molecule has 3 N–H and O–H groups in total. The number of fused-ring (bicyclic) bond motifs is 2. The molecular weight excluding hydrogens is 444 g/mol. The van der Waals surface area contributed by atoms with Gasteiger partial charge in [0, 0.05) is 0 Å². The molecule has 0 saturated carbocycles. The molecule has 0 radical (unpaired) electrons. The van der Waals surface area contributed by atoms with E-state index in [1.807, 2.05) is 18.2 Å². The van der Waals surface area contributed by atoms with E-state index in [-0.39, 0.29) is 42.9 Å². The van der Waals surface area contributed by atoms with Crippen molar-refractivity contribution >= 4 is 27.6 Å². The van der Waals surface area contributed by atoms with E-state index in [9.17, 15) is 22.8 Å². The summed E-state index contributed by atoms with van der Waals surface area (Å²) in [5.74, 6) is -1.42. The zero-order valence-electron chi connectivity index (χ0n) is 19.0. The number of benzene rings is 1. The second-order valence-electron chi connectivity index (χ2n) is 9.17. The molecule has 9 nitrogen and oxygen atoms in total. The Kier molecular flexibility index (Phi) is 6.76. The van der Waals surface area contributed by atoms with Gasteiger partial charge in [0.15, 0.2) is 9.84 Å². The second-order valence-corrected chi connectivity index (χ2v) is 11.5. The van der Waals surface area contributed by atoms with Gasteiger partial charge in [-0.25, -0.2) is 8.42 Å². The van der Waals surface area contributed by atoms with E-state index >= 15 is 0 Å². The largest absolute Gasteiger partial charge is 0.347 e. The third kappa shape index (κ3) is 4.63. The maximum atomic E-state index is 13.4. The van der Waals surface area contributed by atoms with Gasteiger partial charge >= 0.3 is 0 Å². The van der Waals surface area contributed by atoms with Gasteiger partial charge in [0.2, 0.25) is 17.7 Å². The molecule has 180 valence electrons. The summed E-state index contributed by atoms with van der Waals surface area (Å²) < 4.78 is 25.8. The van der Waals surface area contributed by atoms with Crippen molar-refractivity contribution < 1.29 is 22.8 Å². The molecular formula is C23H32N4O5S. The number of hydrogen-bond acceptors (Lipinski definition) is 6. The van der Waals surface area contributed by atoms with Crippen LogP contribution in [0.5, 0.6) is 0 Å². The minimum atomic E-state index is -3.61. The van der Waals surface area contributed by atoms with Gasteiger partial charge in [0.05, 0.1) is 17.8 Å². The van der Waals surface area contributed by atoms with Gasteiger partial charge in [-0.1, -0.05) is 24.3 Å². The Morgan fingerprint density at radius 3 is 2.58 bits per heavy atom. The van der Waals surface area contributed by atoms with E-state index < -0.39 is 39.2 Å². The molecule has 2 fully saturated rings. The maximum absolute atomic E-state index is 13.4. The lowest BCUT2D eigenvalue weighted by Gasteiger charge is -2.32. The summed E-state index contributed by atoms with van der Waals surface area (Å²) in [6, 6.07) is 5.46. The van der Waals surface area contributed by atoms with Crippen molar-refractivity contribution in [3.63, 3.8) is 0 Å². The number of nitrogens with one attached hydrogen (secondary N) is 3. The van der Waals surface area contributed by atoms with Crippen molar-refractivity contribution in [1.29, 1.82) is 0 Å². The Labute approximate surface area is 194 Å². The predicted octanol–water partition coefficient (Wildman–Crippen LogP) is 0.409. The normalized spacial score (nSPS) is 29.4. The van der Waals surface area contributed by atoms with Crippen LogP contribution in [0.4, 0.5) is 0 Å². The lowest BCUT2D eigenvalue weighted by atomic mass is 9.87. The third-order valence-electron chi connectivity index (χ3n) is 7.12. The number of carbonyl (C=O) groups excluding carboxylic acids is 3. The summed E-state index contributed by atoms with van der Waals surface area (Å²) >= 11 is 0. The highest BCUT2D eigenvalue weighted by atomic mass is 32.2. The first-order valence-corrected chi connectivity index (χ1v) is 13.3. The van der Waals surface area contributed by atoms with Crippen LogP contribution in [0.2, 0.25) is 0 Å². The summed E-state index contributed by atoms with van der Waals surface area (Å²) in [6.45, 7) is 1.66. The monoisotopic (exact) mass is 476 g/mol. The molecule has 1 aromatic rings. The average Bonchev–Trinajstić information content (AvgIpc) is 3.24. The number of rotatable bonds is 5. The zero-order chi connectivity index (χ0) is 23.8. The van der Waals surface area contributed by atoms with Gasteiger partial charge < -0.3 is 20.9 Å². The SMILES string of the molecule is CN[C@@H](C)C(=O)N[C@H]1CCS(=O)(=O)C2CC[C@H](C(=O)N[C@@H]3CCCc4ccccc43)N2C1=O. The van der Waals surface area contributed by atoms with Crippen LogP contribution in [-0.4, -0.2) is 67.3 Å². The van der Waals surface area contributed by atoms with Crippen LogP contribution in [0.15, 0.2) is 24.3 Å². The van der Waals surface area contributed by atoms with Crippen LogP contribution in [0, 0.1) is 0 Å². The molecule has 0 bridgehead atoms. The molecule has 1 aromatic carbocycles. The first kappa shape index (κ1) is 23.7. The van der Waals surface area contributed by atoms with Crippen LogP contribution in [0.3, 0.4) is 0 Å². The van der Waals surface area contributed by atoms with Crippen molar-refractivity contribution in [2.24, 2.45) is 0 Å². The van der Waals surface area contributed by atoms with Gasteiger partial charge in [-0.15, -0.1) is 0 Å². The lowest BCUT2D eigenvalue weighted by Crippen LogP contribution is -2.56. The zero-order valence-corrected chi connectivity index (χ0v) is 19.9. The highest BCUT2D eigenvalue weighted by Gasteiger charge is 2.51. The molecule has 0 spiro atoms. The summed E-state index contributed by atoms with van der Waals surface area (Å²) in [5, 5.41) is 7.53. The second kappa shape index (κ2) is 9.42. The quantitative estimate of drug-likeness (QED) is 0.565. The van der Waals surface area contributed by atoms with Gasteiger partial charge in [-0.05, 0) is 63.6 Å². The number of hydrogen-bond donors (Lipinski definition) is 3. The van der Waals surface area contributed by atoms with Crippen LogP contribution in [-0.2, 0) is 30.6 Å². The highest BCUT2D eigenvalue weighted by molar-refractivity contribution is 7.92. The number of nitrogens with zero attached hydrogens (tertiary/aromatic N) is 1. The number of aryl methyl sites for hydroxylation is 1. The van der Waals surface area contributed by atoms with Gasteiger partial charge in [-0.3, -0.25) is 14.4 Å². The first-order valence-electron chi connectivity index (χ1n) is 11.6. The van der Waals surface area contributed by atoms with Crippen molar-refractivity contribution in [2.75, 3.05) is 12.8 Å². The molecule has 10 heteroatoms. The molecule has 5 atom stereocenters. The topological polar surface area (TPSA) is 125 Å². The number of amides is 3. The summed E-state index contributed by atoms with van der Waals surface area (Å²) in [7, 11) is -1.99. The maximum Gasteiger partial charge on any atom is 0.246 e. The van der Waals surface area contributed by atoms with E-state index in [2.05, 4.69) is 22.0 Å². The molecule has 33 heavy (non-hydrogen) atoms. The summed E-state index contributed by atoms with van der Waals surface area (Å²) in [5.41, 5.74) is 2.28. The van der Waals surface area contributed by atoms with Crippen molar-refractivity contribution in [2.45, 2.75) is 75.0 Å². The van der Waals surface area contributed by atoms with E-state index in [0.717, 1.165) is 24.8 Å². The Morgan fingerprint density at radius 2 is 1.82 bits per heavy atom. The standard InChI is InChI=1S/C23H32N4O5S/c1-14(24-2)21(28)26-18-12-13-33(31,32)20-11-10-19(27(20)23(18)30)22(29)25-17-9-5-7-15-6-3-4-8-16(15)17/h3-4,6,8,14,17-20,24H,5,7,9-13H2,1-2H3,(H,25,29)(H,26,28)/t14-,17+,18-,19+,20?/m0/s1. The third-order valence-corrected chi connectivity index (χ3v) is 9.22. The van der Waals surface area contributed by atoms with Crippen LogP contribution in [0.1, 0.15) is 56.2 Å². The van der Waals surface area contributed by atoms with E-state index in [4.69, 9.17) is 0 Å². The minimum absolute atomic E-state index is 0.000675. The molecule has 1 aliphatic carbocycles. The summed E-state index contributed by atoms with van der Waals surface area (Å²) in [6.07, 6.45) is 3.21. The molecule has 4 rings (SSSR count). The van der Waals surface area contributed by atoms with Gasteiger partial charge in [-0.2, -0.15) is 0 Å². The smallest absolute Gasteiger partial charge is 0.246 e. The minimum Gasteiger partial charge on any atom is -0.347 e. The van der Waals surface area contributed by atoms with Crippen LogP contribution in [0.25, 0.3) is 0 Å². The first-order chi connectivity index (χ1) is 15.7. The molecule has 3 amide bonds. The molecule has 1 unspecified atom stereocenters. The van der Waals surface area contributed by atoms with Crippen LogP contribution < -0.4 is 16.0 Å². The number of carbonyl (C=O) groups is 3. The Balaban J connectivity index is 1.55. The van der Waals surface area contributed by atoms with Gasteiger partial charge in [0.25, 0.3) is 0 Å². The average molecular weight is 477 g/mol. The van der Waals surface area contributed by atoms with Crippen LogP contribution >= 0.6 is 0 Å². The Hall–Kier alpha value is -2.46. The van der Waals surface area contributed by atoms with Crippen molar-refractivity contribution in [3.8, 4) is 0 Å². The number of likely N-dealkylation sites (N-methyl/N-ethyl adjacent to an activating group) is 1. The number of sulfone groups is 1.